The Hall–Kier alpha value is -4.38. The summed E-state index contributed by atoms with van der Waals surface area (Å²) < 4.78 is 2.17. The molecule has 4 aromatic rings. The van der Waals surface area contributed by atoms with Crippen LogP contribution in [0.3, 0.4) is 0 Å². The Morgan fingerprint density at radius 1 is 0.763 bits per heavy atom. The number of amides is 2. The van der Waals surface area contributed by atoms with Crippen molar-refractivity contribution in [3.05, 3.63) is 144 Å². The number of aryl methyl sites for hydroxylation is 1. The van der Waals surface area contributed by atoms with Crippen LogP contribution >= 0.6 is 0 Å². The van der Waals surface area contributed by atoms with Gasteiger partial charge < -0.3 is 14.4 Å². The van der Waals surface area contributed by atoms with Crippen LogP contribution in [0, 0.1) is 0 Å². The SMILES string of the molecule is C=CCN(CC(=O)N(Cc1ccccc1)Cc1cccn1Cc1ccccc1)C(=O)c1ccc(CC)cc1. The molecular weight excluding hydrogens is 470 g/mol. The molecule has 0 fully saturated rings. The van der Waals surface area contributed by atoms with Crippen molar-refractivity contribution in [3.63, 3.8) is 0 Å². The smallest absolute Gasteiger partial charge is 0.254 e. The Labute approximate surface area is 225 Å². The summed E-state index contributed by atoms with van der Waals surface area (Å²) in [6, 6.07) is 31.9. The Bertz CT molecular complexity index is 1330. The van der Waals surface area contributed by atoms with Crippen molar-refractivity contribution in [3.8, 4) is 0 Å². The lowest BCUT2D eigenvalue weighted by Crippen LogP contribution is -2.42. The van der Waals surface area contributed by atoms with Gasteiger partial charge in [-0.1, -0.05) is 85.8 Å². The number of hydrogen-bond donors (Lipinski definition) is 0. The van der Waals surface area contributed by atoms with Crippen LogP contribution in [-0.2, 0) is 30.8 Å². The molecular formula is C33H35N3O2. The number of carbonyl (C=O) groups is 2. The number of carbonyl (C=O) groups excluding carboxylic acids is 2. The molecule has 38 heavy (non-hydrogen) atoms. The van der Waals surface area contributed by atoms with E-state index < -0.39 is 0 Å². The molecule has 0 aliphatic carbocycles. The Morgan fingerprint density at radius 2 is 1.42 bits per heavy atom. The van der Waals surface area contributed by atoms with E-state index in [9.17, 15) is 9.59 Å². The lowest BCUT2D eigenvalue weighted by atomic mass is 10.1. The summed E-state index contributed by atoms with van der Waals surface area (Å²) in [6.07, 6.45) is 4.61. The van der Waals surface area contributed by atoms with Gasteiger partial charge in [0.15, 0.2) is 0 Å². The van der Waals surface area contributed by atoms with E-state index in [1.165, 1.54) is 11.1 Å². The zero-order valence-corrected chi connectivity index (χ0v) is 22.0. The number of aromatic nitrogens is 1. The van der Waals surface area contributed by atoms with Gasteiger partial charge in [-0.25, -0.2) is 0 Å². The lowest BCUT2D eigenvalue weighted by Gasteiger charge is -2.28. The molecule has 0 saturated heterocycles. The fourth-order valence-electron chi connectivity index (χ4n) is 4.46. The van der Waals surface area contributed by atoms with Crippen LogP contribution in [0.4, 0.5) is 0 Å². The maximum Gasteiger partial charge on any atom is 0.254 e. The first-order valence-electron chi connectivity index (χ1n) is 13.1. The first-order valence-corrected chi connectivity index (χ1v) is 13.1. The molecule has 0 saturated carbocycles. The van der Waals surface area contributed by atoms with E-state index in [0.717, 1.165) is 24.2 Å². The van der Waals surface area contributed by atoms with Crippen LogP contribution in [-0.4, -0.2) is 39.3 Å². The van der Waals surface area contributed by atoms with Gasteiger partial charge in [-0.15, -0.1) is 6.58 Å². The summed E-state index contributed by atoms with van der Waals surface area (Å²) in [4.78, 5) is 30.5. The normalized spacial score (nSPS) is 10.7. The summed E-state index contributed by atoms with van der Waals surface area (Å²) in [5, 5.41) is 0. The van der Waals surface area contributed by atoms with Crippen molar-refractivity contribution in [2.75, 3.05) is 13.1 Å². The molecule has 0 radical (unpaired) electrons. The second-order valence-electron chi connectivity index (χ2n) is 9.37. The van der Waals surface area contributed by atoms with Crippen molar-refractivity contribution in [1.82, 2.24) is 14.4 Å². The van der Waals surface area contributed by atoms with Crippen LogP contribution in [0.5, 0.6) is 0 Å². The van der Waals surface area contributed by atoms with Crippen LogP contribution in [0.2, 0.25) is 0 Å². The third-order valence-corrected chi connectivity index (χ3v) is 6.61. The van der Waals surface area contributed by atoms with E-state index >= 15 is 0 Å². The first kappa shape index (κ1) is 26.7. The van der Waals surface area contributed by atoms with Crippen molar-refractivity contribution in [2.24, 2.45) is 0 Å². The molecule has 1 heterocycles. The van der Waals surface area contributed by atoms with Gasteiger partial charge in [0, 0.05) is 37.1 Å². The minimum absolute atomic E-state index is 0.0212. The van der Waals surface area contributed by atoms with Gasteiger partial charge in [0.2, 0.25) is 5.91 Å². The topological polar surface area (TPSA) is 45.6 Å². The average Bonchev–Trinajstić information content (AvgIpc) is 3.39. The minimum atomic E-state index is -0.173. The van der Waals surface area contributed by atoms with Gasteiger partial charge in [0.1, 0.15) is 6.54 Å². The number of nitrogens with zero attached hydrogens (tertiary/aromatic N) is 3. The van der Waals surface area contributed by atoms with Crippen LogP contribution in [0.1, 0.15) is 39.7 Å². The van der Waals surface area contributed by atoms with E-state index in [1.54, 1.807) is 11.0 Å². The summed E-state index contributed by atoms with van der Waals surface area (Å²) in [5.74, 6) is -0.283. The molecule has 194 valence electrons. The van der Waals surface area contributed by atoms with Gasteiger partial charge in [0.05, 0.1) is 6.54 Å². The molecule has 0 bridgehead atoms. The summed E-state index contributed by atoms with van der Waals surface area (Å²) in [7, 11) is 0. The standard InChI is InChI=1S/C33H35N3O2/c1-3-21-35(33(38)30-19-17-27(4-2)18-20-30)26-32(37)36(24-29-14-9-6-10-15-29)25-31-16-11-22-34(31)23-28-12-7-5-8-13-28/h3,5-20,22H,1,4,21,23-26H2,2H3. The van der Waals surface area contributed by atoms with Crippen LogP contribution in [0.15, 0.2) is 116 Å². The number of benzene rings is 3. The molecule has 1 aromatic heterocycles. The third kappa shape index (κ3) is 7.10. The molecule has 2 amide bonds. The highest BCUT2D eigenvalue weighted by molar-refractivity contribution is 5.96. The Balaban J connectivity index is 1.55. The minimum Gasteiger partial charge on any atom is -0.345 e. The van der Waals surface area contributed by atoms with Crippen molar-refractivity contribution in [1.29, 1.82) is 0 Å². The zero-order valence-electron chi connectivity index (χ0n) is 22.0. The van der Waals surface area contributed by atoms with Crippen LogP contribution < -0.4 is 0 Å². The van der Waals surface area contributed by atoms with Crippen molar-refractivity contribution >= 4 is 11.8 Å². The van der Waals surface area contributed by atoms with Gasteiger partial charge in [-0.05, 0) is 47.4 Å². The van der Waals surface area contributed by atoms with Gasteiger partial charge in [-0.3, -0.25) is 9.59 Å². The average molecular weight is 506 g/mol. The Kier molecular flexibility index (Phi) is 9.30. The highest BCUT2D eigenvalue weighted by atomic mass is 16.2. The largest absolute Gasteiger partial charge is 0.345 e. The van der Waals surface area contributed by atoms with Crippen molar-refractivity contribution < 1.29 is 9.59 Å². The van der Waals surface area contributed by atoms with Crippen molar-refractivity contribution in [2.45, 2.75) is 33.0 Å². The highest BCUT2D eigenvalue weighted by Crippen LogP contribution is 2.15. The molecule has 0 spiro atoms. The molecule has 0 unspecified atom stereocenters. The number of rotatable bonds is 12. The van der Waals surface area contributed by atoms with E-state index in [4.69, 9.17) is 0 Å². The Morgan fingerprint density at radius 3 is 2.05 bits per heavy atom. The molecule has 5 heteroatoms. The highest BCUT2D eigenvalue weighted by Gasteiger charge is 2.23. The van der Waals surface area contributed by atoms with Gasteiger partial charge in [0.25, 0.3) is 5.91 Å². The molecule has 3 aromatic carbocycles. The predicted octanol–water partition coefficient (Wildman–Crippen LogP) is 5.96. The maximum atomic E-state index is 13.8. The van der Waals surface area contributed by atoms with E-state index in [0.29, 0.717) is 25.2 Å². The van der Waals surface area contributed by atoms with Crippen LogP contribution in [0.25, 0.3) is 0 Å². The fraction of sp³-hybridized carbons (Fsp3) is 0.212. The van der Waals surface area contributed by atoms with E-state index in [2.05, 4.69) is 36.3 Å². The second-order valence-corrected chi connectivity index (χ2v) is 9.37. The predicted molar refractivity (Wildman–Crippen MR) is 153 cm³/mol. The van der Waals surface area contributed by atoms with Gasteiger partial charge in [-0.2, -0.15) is 0 Å². The quantitative estimate of drug-likeness (QED) is 0.223. The molecule has 4 rings (SSSR count). The van der Waals surface area contributed by atoms with E-state index in [1.807, 2.05) is 90.0 Å². The summed E-state index contributed by atoms with van der Waals surface area (Å²) >= 11 is 0. The first-order chi connectivity index (χ1) is 18.6. The lowest BCUT2D eigenvalue weighted by molar-refractivity contribution is -0.133. The second kappa shape index (κ2) is 13.2. The molecule has 0 atom stereocenters. The maximum absolute atomic E-state index is 13.8. The molecule has 0 aliphatic heterocycles. The number of hydrogen-bond acceptors (Lipinski definition) is 2. The summed E-state index contributed by atoms with van der Waals surface area (Å²) in [5.41, 5.74) is 5.01. The molecule has 5 nitrogen and oxygen atoms in total. The fourth-order valence-corrected chi connectivity index (χ4v) is 4.46. The molecule has 0 N–H and O–H groups in total. The third-order valence-electron chi connectivity index (χ3n) is 6.61. The summed E-state index contributed by atoms with van der Waals surface area (Å²) in [6.45, 7) is 7.79. The monoisotopic (exact) mass is 505 g/mol. The van der Waals surface area contributed by atoms with E-state index in [-0.39, 0.29) is 18.4 Å². The van der Waals surface area contributed by atoms with Gasteiger partial charge >= 0.3 is 0 Å². The zero-order chi connectivity index (χ0) is 26.7. The molecule has 0 aliphatic rings.